The number of aliphatic hydroxyl groups is 2. The summed E-state index contributed by atoms with van der Waals surface area (Å²) < 4.78 is 0. The molecule has 3 N–H and O–H groups in total. The van der Waals surface area contributed by atoms with E-state index in [2.05, 4.69) is 0 Å². The molecule has 1 aromatic rings. The summed E-state index contributed by atoms with van der Waals surface area (Å²) in [5.74, 6) is -1.62. The molecule has 130 valence electrons. The Morgan fingerprint density at radius 2 is 2.08 bits per heavy atom. The van der Waals surface area contributed by atoms with Crippen LogP contribution in [0, 0.1) is 5.92 Å². The fraction of sp³-hybridized carbons (Fsp3) is 0.500. The van der Waals surface area contributed by atoms with Gasteiger partial charge in [0.15, 0.2) is 0 Å². The molecule has 3 heterocycles. The summed E-state index contributed by atoms with van der Waals surface area (Å²) in [6, 6.07) is 1.47. The average Bonchev–Trinajstić information content (AvgIpc) is 3.07. The molecule has 4 atom stereocenters. The molecule has 8 heteroatoms. The fourth-order valence-corrected chi connectivity index (χ4v) is 4.49. The van der Waals surface area contributed by atoms with Gasteiger partial charge in [-0.05, 0) is 35.9 Å². The van der Waals surface area contributed by atoms with Crippen molar-refractivity contribution >= 4 is 28.8 Å². The van der Waals surface area contributed by atoms with E-state index in [0.29, 0.717) is 22.4 Å². The Kier molecular flexibility index (Phi) is 4.15. The number of hydrogen-bond acceptors (Lipinski definition) is 6. The van der Waals surface area contributed by atoms with Gasteiger partial charge < -0.3 is 25.1 Å². The van der Waals surface area contributed by atoms with Crippen LogP contribution >= 0.6 is 11.3 Å². The Balaban J connectivity index is 1.96. The van der Waals surface area contributed by atoms with Crippen LogP contribution in [0.15, 0.2) is 17.1 Å². The largest absolute Gasteiger partial charge is 0.477 e. The maximum absolute atomic E-state index is 12.0. The van der Waals surface area contributed by atoms with Crippen LogP contribution in [-0.4, -0.2) is 69.5 Å². The molecule has 0 spiro atoms. The van der Waals surface area contributed by atoms with Crippen molar-refractivity contribution in [1.29, 1.82) is 0 Å². The van der Waals surface area contributed by atoms with E-state index in [0.717, 1.165) is 0 Å². The van der Waals surface area contributed by atoms with Gasteiger partial charge in [-0.1, -0.05) is 0 Å². The smallest absolute Gasteiger partial charge is 0.352 e. The maximum atomic E-state index is 12.0. The summed E-state index contributed by atoms with van der Waals surface area (Å²) in [6.07, 6.45) is -1.29. The highest BCUT2D eigenvalue weighted by atomic mass is 32.1. The number of nitrogens with zero attached hydrogens (tertiary/aromatic N) is 2. The molecule has 2 aliphatic rings. The van der Waals surface area contributed by atoms with E-state index in [9.17, 15) is 24.9 Å². The van der Waals surface area contributed by atoms with Crippen LogP contribution in [0.4, 0.5) is 0 Å². The predicted molar refractivity (Wildman–Crippen MR) is 88.3 cm³/mol. The predicted octanol–water partition coefficient (Wildman–Crippen LogP) is 0.649. The lowest BCUT2D eigenvalue weighted by atomic mass is 9.81. The van der Waals surface area contributed by atoms with Gasteiger partial charge in [0.05, 0.1) is 16.9 Å². The van der Waals surface area contributed by atoms with Gasteiger partial charge in [0.2, 0.25) is 0 Å². The van der Waals surface area contributed by atoms with Crippen molar-refractivity contribution in [1.82, 2.24) is 9.80 Å². The molecule has 24 heavy (non-hydrogen) atoms. The van der Waals surface area contributed by atoms with Gasteiger partial charge in [-0.3, -0.25) is 4.79 Å². The van der Waals surface area contributed by atoms with Crippen LogP contribution < -0.4 is 0 Å². The molecule has 3 rings (SSSR count). The molecule has 7 nitrogen and oxygen atoms in total. The van der Waals surface area contributed by atoms with E-state index in [1.165, 1.54) is 21.1 Å². The van der Waals surface area contributed by atoms with E-state index in [1.807, 2.05) is 0 Å². The summed E-state index contributed by atoms with van der Waals surface area (Å²) >= 11 is 1.27. The quantitative estimate of drug-likeness (QED) is 0.735. The Hall–Kier alpha value is -1.90. The number of carboxylic acids is 1. The first kappa shape index (κ1) is 16.9. The first-order valence-electron chi connectivity index (χ1n) is 7.65. The van der Waals surface area contributed by atoms with Gasteiger partial charge in [-0.2, -0.15) is 0 Å². The molecular formula is C16H20N2O5S. The number of aliphatic carboxylic acids is 1. The molecule has 0 radical (unpaired) electrons. The van der Waals surface area contributed by atoms with Crippen LogP contribution in [0.5, 0.6) is 0 Å². The first-order chi connectivity index (χ1) is 11.2. The fourth-order valence-electron chi connectivity index (χ4n) is 3.55. The van der Waals surface area contributed by atoms with E-state index in [4.69, 9.17) is 0 Å². The summed E-state index contributed by atoms with van der Waals surface area (Å²) in [4.78, 5) is 27.2. The lowest BCUT2D eigenvalue weighted by molar-refractivity contribution is -0.185. The summed E-state index contributed by atoms with van der Waals surface area (Å²) in [6.45, 7) is 1.60. The Morgan fingerprint density at radius 3 is 2.62 bits per heavy atom. The standard InChI is InChI=1S/C16H20N2O5S/c1-7(19)12-10-5-9(13(16(22)23)18(10)15(12)21)8-4-11(24-6-8)14(20)17(2)3/h4,6-7,10,12,15,19,21H,5H2,1-3H3,(H,22,23)/t7-,10-,12-,15?/m1/s1. The summed E-state index contributed by atoms with van der Waals surface area (Å²) in [5.41, 5.74) is 1.35. The molecule has 0 bridgehead atoms. The number of hydrogen-bond donors (Lipinski definition) is 3. The van der Waals surface area contributed by atoms with Crippen LogP contribution in [0.25, 0.3) is 5.57 Å². The zero-order valence-corrected chi connectivity index (χ0v) is 14.4. The topological polar surface area (TPSA) is 101 Å². The number of amides is 1. The lowest BCUT2D eigenvalue weighted by Crippen LogP contribution is -2.64. The minimum absolute atomic E-state index is 0.0612. The van der Waals surface area contributed by atoms with Crippen molar-refractivity contribution in [2.45, 2.75) is 31.7 Å². The van der Waals surface area contributed by atoms with Crippen molar-refractivity contribution in [3.05, 3.63) is 27.6 Å². The minimum Gasteiger partial charge on any atom is -0.477 e. The normalized spacial score (nSPS) is 26.9. The molecule has 0 aromatic carbocycles. The molecule has 1 amide bonds. The van der Waals surface area contributed by atoms with Gasteiger partial charge >= 0.3 is 5.97 Å². The van der Waals surface area contributed by atoms with E-state index in [1.54, 1.807) is 32.5 Å². The van der Waals surface area contributed by atoms with E-state index in [-0.39, 0.29) is 23.6 Å². The van der Waals surface area contributed by atoms with Gasteiger partial charge in [0.1, 0.15) is 11.9 Å². The number of carbonyl (C=O) groups is 2. The lowest BCUT2D eigenvalue weighted by Gasteiger charge is -2.51. The summed E-state index contributed by atoms with van der Waals surface area (Å²) in [5, 5.41) is 31.4. The number of aliphatic hydroxyl groups excluding tert-OH is 2. The molecule has 1 fully saturated rings. The molecule has 0 saturated carbocycles. The molecule has 2 aliphatic heterocycles. The number of carboxylic acid groups (broad SMARTS) is 1. The number of thiophene rings is 1. The SMILES string of the molecule is C[C@@H](O)[C@H]1C(O)N2C(C(=O)O)=C(c3csc(C(=O)N(C)C)c3)C[C@H]12. The second kappa shape index (κ2) is 5.87. The van der Waals surface area contributed by atoms with E-state index >= 15 is 0 Å². The molecule has 1 aromatic heterocycles. The van der Waals surface area contributed by atoms with Gasteiger partial charge in [0, 0.05) is 20.1 Å². The van der Waals surface area contributed by atoms with Crippen LogP contribution in [0.1, 0.15) is 28.6 Å². The zero-order valence-electron chi connectivity index (χ0n) is 13.6. The summed E-state index contributed by atoms with van der Waals surface area (Å²) in [7, 11) is 3.32. The van der Waals surface area contributed by atoms with Crippen molar-refractivity contribution in [2.75, 3.05) is 14.1 Å². The minimum atomic E-state index is -1.11. The second-order valence-corrected chi connectivity index (χ2v) is 7.35. The first-order valence-corrected chi connectivity index (χ1v) is 8.53. The average molecular weight is 352 g/mol. The maximum Gasteiger partial charge on any atom is 0.352 e. The van der Waals surface area contributed by atoms with Crippen LogP contribution in [-0.2, 0) is 4.79 Å². The third-order valence-corrected chi connectivity index (χ3v) is 5.63. The van der Waals surface area contributed by atoms with Crippen molar-refractivity contribution < 1.29 is 24.9 Å². The monoisotopic (exact) mass is 352 g/mol. The third-order valence-electron chi connectivity index (χ3n) is 4.71. The second-order valence-electron chi connectivity index (χ2n) is 6.44. The number of rotatable bonds is 4. The van der Waals surface area contributed by atoms with Crippen molar-refractivity contribution in [3.63, 3.8) is 0 Å². The molecular weight excluding hydrogens is 332 g/mol. The highest BCUT2D eigenvalue weighted by Crippen LogP contribution is 2.49. The van der Waals surface area contributed by atoms with Gasteiger partial charge in [-0.15, -0.1) is 11.3 Å². The van der Waals surface area contributed by atoms with Gasteiger partial charge in [0.25, 0.3) is 5.91 Å². The molecule has 1 unspecified atom stereocenters. The Bertz CT molecular complexity index is 724. The highest BCUT2D eigenvalue weighted by molar-refractivity contribution is 7.12. The Morgan fingerprint density at radius 1 is 1.42 bits per heavy atom. The zero-order chi connectivity index (χ0) is 17.8. The number of carbonyl (C=O) groups excluding carboxylic acids is 1. The van der Waals surface area contributed by atoms with Crippen LogP contribution in [0.3, 0.4) is 0 Å². The van der Waals surface area contributed by atoms with Crippen molar-refractivity contribution in [3.8, 4) is 0 Å². The highest BCUT2D eigenvalue weighted by Gasteiger charge is 2.56. The Labute approximate surface area is 143 Å². The molecule has 1 saturated heterocycles. The third kappa shape index (κ3) is 2.42. The number of fused-ring (bicyclic) bond motifs is 1. The van der Waals surface area contributed by atoms with E-state index < -0.39 is 18.3 Å². The van der Waals surface area contributed by atoms with Crippen LogP contribution in [0.2, 0.25) is 0 Å². The molecule has 0 aliphatic carbocycles. The van der Waals surface area contributed by atoms with Crippen molar-refractivity contribution in [2.24, 2.45) is 5.92 Å². The van der Waals surface area contributed by atoms with Gasteiger partial charge in [-0.25, -0.2) is 4.79 Å².